The second kappa shape index (κ2) is 10.5. The number of furan rings is 1. The minimum Gasteiger partial charge on any atom is -0.0617 e. The smallest absolute Gasteiger partial charge is 0.0617 e. The predicted molar refractivity (Wildman–Crippen MR) is 201 cm³/mol. The van der Waals surface area contributed by atoms with Gasteiger partial charge in [-0.1, -0.05) is 18.2 Å². The van der Waals surface area contributed by atoms with E-state index in [9.17, 15) is 0 Å². The number of benzene rings is 8. The summed E-state index contributed by atoms with van der Waals surface area (Å²) in [4.78, 5) is 2.40. The average Bonchev–Trinajstić information content (AvgIpc) is 3.71. The van der Waals surface area contributed by atoms with E-state index in [1.165, 1.54) is 52.0 Å². The van der Waals surface area contributed by atoms with Gasteiger partial charge in [-0.2, -0.15) is 0 Å². The zero-order valence-electron chi connectivity index (χ0n) is 25.4. The third kappa shape index (κ3) is 4.18. The number of rotatable bonds is 4. The minimum atomic E-state index is 0.254. The van der Waals surface area contributed by atoms with Crippen LogP contribution in [0.2, 0.25) is 0 Å². The summed E-state index contributed by atoms with van der Waals surface area (Å²) >= 11 is 0.254. The summed E-state index contributed by atoms with van der Waals surface area (Å²) in [5.41, 5.74) is 7.52. The number of hydrogen-bond donors (Lipinski definition) is 0. The molecule has 0 N–H and O–H groups in total. The topological polar surface area (TPSA) is 16.4 Å². The zero-order chi connectivity index (χ0) is 30.9. The second-order valence-electron chi connectivity index (χ2n) is 12.1. The summed E-state index contributed by atoms with van der Waals surface area (Å²) in [6, 6.07) is 59.3. The molecule has 0 atom stereocenters. The Morgan fingerprint density at radius 3 is 2.00 bits per heavy atom. The van der Waals surface area contributed by atoms with Gasteiger partial charge in [-0.05, 0) is 0 Å². The molecule has 2 heterocycles. The standard InChI is InChI=1S/C44H27NOSe/c1-2-9-28(10-3-1)29-19-23-32(24-20-29)45(38-13-8-15-40-43(38)36-12-4-6-14-39(36)46-40)33-25-21-30-17-18-31-22-26-35-34-11-5-7-16-41(34)47-44(35)42(31)37(30)27-33/h1-27H. The molecule has 0 fully saturated rings. The zero-order valence-corrected chi connectivity index (χ0v) is 27.1. The van der Waals surface area contributed by atoms with Crippen molar-refractivity contribution < 1.29 is 4.42 Å². The first-order valence-electron chi connectivity index (χ1n) is 15.9. The van der Waals surface area contributed by atoms with Crippen molar-refractivity contribution in [2.75, 3.05) is 4.90 Å². The Labute approximate surface area is 277 Å². The van der Waals surface area contributed by atoms with Crippen molar-refractivity contribution in [1.82, 2.24) is 0 Å². The van der Waals surface area contributed by atoms with E-state index in [1.54, 1.807) is 0 Å². The van der Waals surface area contributed by atoms with Crippen LogP contribution in [0.5, 0.6) is 0 Å². The molecule has 47 heavy (non-hydrogen) atoms. The van der Waals surface area contributed by atoms with Crippen LogP contribution in [0.1, 0.15) is 0 Å². The van der Waals surface area contributed by atoms with Gasteiger partial charge in [-0.3, -0.25) is 0 Å². The molecule has 0 aliphatic carbocycles. The van der Waals surface area contributed by atoms with Gasteiger partial charge in [-0.15, -0.1) is 0 Å². The molecule has 2 nitrogen and oxygen atoms in total. The maximum absolute atomic E-state index is 6.38. The summed E-state index contributed by atoms with van der Waals surface area (Å²) < 4.78 is 9.33. The van der Waals surface area contributed by atoms with Gasteiger partial charge in [0.25, 0.3) is 0 Å². The Morgan fingerprint density at radius 2 is 1.11 bits per heavy atom. The molecule has 2 aromatic heterocycles. The molecule has 0 aliphatic rings. The molecule has 3 heteroatoms. The van der Waals surface area contributed by atoms with Gasteiger partial charge in [0.1, 0.15) is 0 Å². The Kier molecular flexibility index (Phi) is 5.92. The van der Waals surface area contributed by atoms with Crippen molar-refractivity contribution in [3.63, 3.8) is 0 Å². The third-order valence-electron chi connectivity index (χ3n) is 9.44. The second-order valence-corrected chi connectivity index (χ2v) is 14.3. The first-order valence-corrected chi connectivity index (χ1v) is 17.6. The van der Waals surface area contributed by atoms with Gasteiger partial charge >= 0.3 is 260 Å². The van der Waals surface area contributed by atoms with E-state index >= 15 is 0 Å². The van der Waals surface area contributed by atoms with Gasteiger partial charge in [0, 0.05) is 0 Å². The van der Waals surface area contributed by atoms with Crippen LogP contribution in [0.3, 0.4) is 0 Å². The summed E-state index contributed by atoms with van der Waals surface area (Å²) in [7, 11) is 0. The van der Waals surface area contributed by atoms with E-state index < -0.39 is 0 Å². The van der Waals surface area contributed by atoms with Crippen LogP contribution in [-0.2, 0) is 0 Å². The van der Waals surface area contributed by atoms with E-state index in [1.807, 2.05) is 6.07 Å². The molecule has 0 aliphatic heterocycles. The third-order valence-corrected chi connectivity index (χ3v) is 12.0. The van der Waals surface area contributed by atoms with E-state index in [4.69, 9.17) is 4.42 Å². The van der Waals surface area contributed by atoms with Gasteiger partial charge in [-0.25, -0.2) is 0 Å². The molecule has 220 valence electrons. The van der Waals surface area contributed by atoms with Crippen molar-refractivity contribution in [1.29, 1.82) is 0 Å². The molecule has 8 aromatic carbocycles. The molecule has 0 saturated heterocycles. The Balaban J connectivity index is 1.26. The van der Waals surface area contributed by atoms with Crippen LogP contribution < -0.4 is 4.90 Å². The number of nitrogens with zero attached hydrogens (tertiary/aromatic N) is 1. The first-order chi connectivity index (χ1) is 23.3. The molecule has 0 saturated carbocycles. The average molecular weight is 665 g/mol. The quantitative estimate of drug-likeness (QED) is 0.138. The first kappa shape index (κ1) is 26.6. The SMILES string of the molecule is c1ccc(-c2ccc(N(c3ccc4ccc5ccc6c7ccccc7[se]c6c5c4c3)c3cccc4oc5ccccc5c34)cc2)cc1. The normalized spacial score (nSPS) is 11.8. The van der Waals surface area contributed by atoms with E-state index in [0.717, 1.165) is 39.0 Å². The molecule has 0 bridgehead atoms. The minimum absolute atomic E-state index is 0.254. The van der Waals surface area contributed by atoms with Crippen LogP contribution >= 0.6 is 0 Å². The van der Waals surface area contributed by atoms with Crippen molar-refractivity contribution in [2.24, 2.45) is 0 Å². The van der Waals surface area contributed by atoms with Crippen LogP contribution in [0.4, 0.5) is 17.1 Å². The Bertz CT molecular complexity index is 2790. The van der Waals surface area contributed by atoms with E-state index in [0.29, 0.717) is 0 Å². The van der Waals surface area contributed by atoms with Crippen molar-refractivity contribution >= 4 is 94.3 Å². The van der Waals surface area contributed by atoms with Crippen molar-refractivity contribution in [3.05, 3.63) is 164 Å². The molecule has 0 radical (unpaired) electrons. The predicted octanol–water partition coefficient (Wildman–Crippen LogP) is 12.4. The summed E-state index contributed by atoms with van der Waals surface area (Å²) in [5, 5.41) is 10.2. The number of anilines is 3. The van der Waals surface area contributed by atoms with Crippen LogP contribution in [0, 0.1) is 0 Å². The summed E-state index contributed by atoms with van der Waals surface area (Å²) in [6.45, 7) is 0. The molecule has 0 amide bonds. The monoisotopic (exact) mass is 665 g/mol. The van der Waals surface area contributed by atoms with Crippen LogP contribution in [0.25, 0.3) is 73.9 Å². The maximum atomic E-state index is 6.38. The Morgan fingerprint density at radius 1 is 0.426 bits per heavy atom. The van der Waals surface area contributed by atoms with Gasteiger partial charge in [0.15, 0.2) is 0 Å². The summed E-state index contributed by atoms with van der Waals surface area (Å²) in [6.07, 6.45) is 0. The van der Waals surface area contributed by atoms with Gasteiger partial charge in [0.2, 0.25) is 0 Å². The van der Waals surface area contributed by atoms with Crippen molar-refractivity contribution in [3.8, 4) is 11.1 Å². The Hall–Kier alpha value is -5.60. The van der Waals surface area contributed by atoms with Crippen LogP contribution in [0.15, 0.2) is 168 Å². The van der Waals surface area contributed by atoms with E-state index in [-0.39, 0.29) is 14.5 Å². The molecule has 10 rings (SSSR count). The summed E-state index contributed by atoms with van der Waals surface area (Å²) in [5.74, 6) is 0. The number of para-hydroxylation sites is 1. The fourth-order valence-corrected chi connectivity index (χ4v) is 9.92. The van der Waals surface area contributed by atoms with Gasteiger partial charge in [0.05, 0.1) is 0 Å². The molecule has 0 spiro atoms. The number of hydrogen-bond acceptors (Lipinski definition) is 2. The number of fused-ring (bicyclic) bond motifs is 10. The van der Waals surface area contributed by atoms with E-state index in [2.05, 4.69) is 163 Å². The molecular formula is C44H27NOSe. The fourth-order valence-electron chi connectivity index (χ4n) is 7.25. The molecule has 10 aromatic rings. The van der Waals surface area contributed by atoms with Gasteiger partial charge < -0.3 is 0 Å². The molecular weight excluding hydrogens is 637 g/mol. The van der Waals surface area contributed by atoms with Crippen molar-refractivity contribution in [2.45, 2.75) is 0 Å². The van der Waals surface area contributed by atoms with Crippen LogP contribution in [-0.4, -0.2) is 14.5 Å². The molecule has 0 unspecified atom stereocenters. The fraction of sp³-hybridized carbons (Fsp3) is 0.